The van der Waals surface area contributed by atoms with E-state index < -0.39 is 0 Å². The second kappa shape index (κ2) is 6.12. The Bertz CT molecular complexity index is 624. The minimum atomic E-state index is -0.134. The van der Waals surface area contributed by atoms with Crippen molar-refractivity contribution < 1.29 is 4.79 Å². The fourth-order valence-corrected chi connectivity index (χ4v) is 2.22. The number of aromatic nitrogens is 2. The van der Waals surface area contributed by atoms with E-state index in [1.165, 1.54) is 5.56 Å². The molecule has 4 nitrogen and oxygen atoms in total. The quantitative estimate of drug-likeness (QED) is 0.936. The summed E-state index contributed by atoms with van der Waals surface area (Å²) in [4.78, 5) is 12.0. The number of rotatable bonds is 4. The summed E-state index contributed by atoms with van der Waals surface area (Å²) >= 11 is 0. The zero-order chi connectivity index (χ0) is 15.6. The zero-order valence-corrected chi connectivity index (χ0v) is 13.3. The molecule has 0 aliphatic heterocycles. The lowest BCUT2D eigenvalue weighted by Crippen LogP contribution is -2.30. The van der Waals surface area contributed by atoms with Crippen LogP contribution in [0.25, 0.3) is 11.3 Å². The van der Waals surface area contributed by atoms with E-state index in [-0.39, 0.29) is 11.9 Å². The van der Waals surface area contributed by atoms with E-state index >= 15 is 0 Å². The maximum absolute atomic E-state index is 12.0. The van der Waals surface area contributed by atoms with Gasteiger partial charge in [-0.25, -0.2) is 0 Å². The molecule has 1 aromatic heterocycles. The first-order valence-electron chi connectivity index (χ1n) is 7.33. The summed E-state index contributed by atoms with van der Waals surface area (Å²) in [5, 5.41) is 7.16. The molecule has 0 bridgehead atoms. The first-order valence-corrected chi connectivity index (χ1v) is 7.33. The molecule has 4 heteroatoms. The number of aryl methyl sites for hydroxylation is 1. The first-order chi connectivity index (χ1) is 9.88. The molecule has 2 aromatic rings. The average Bonchev–Trinajstić information content (AvgIpc) is 2.80. The third-order valence-corrected chi connectivity index (χ3v) is 3.41. The molecule has 0 saturated carbocycles. The molecule has 0 spiro atoms. The van der Waals surface area contributed by atoms with Gasteiger partial charge in [0.25, 0.3) is 5.91 Å². The number of hydrogen-bond donors (Lipinski definition) is 1. The SMILES string of the molecule is CC(C)NC(=O)c1cc(-c2ccc(C(C)C)cc2)n(C)n1. The number of hydrogen-bond acceptors (Lipinski definition) is 2. The Kier molecular flexibility index (Phi) is 4.46. The van der Waals surface area contributed by atoms with Gasteiger partial charge >= 0.3 is 0 Å². The van der Waals surface area contributed by atoms with E-state index in [1.54, 1.807) is 4.68 Å². The van der Waals surface area contributed by atoms with Crippen molar-refractivity contribution in [2.45, 2.75) is 39.7 Å². The van der Waals surface area contributed by atoms with E-state index in [9.17, 15) is 4.79 Å². The topological polar surface area (TPSA) is 46.9 Å². The van der Waals surface area contributed by atoms with Crippen molar-refractivity contribution in [3.05, 3.63) is 41.6 Å². The van der Waals surface area contributed by atoms with Crippen LogP contribution in [0.15, 0.2) is 30.3 Å². The predicted molar refractivity (Wildman–Crippen MR) is 85.3 cm³/mol. The molecule has 0 saturated heterocycles. The van der Waals surface area contributed by atoms with E-state index in [2.05, 4.69) is 48.5 Å². The molecule has 1 N–H and O–H groups in total. The summed E-state index contributed by atoms with van der Waals surface area (Å²) in [6.45, 7) is 8.22. The maximum atomic E-state index is 12.0. The van der Waals surface area contributed by atoms with Gasteiger partial charge in [-0.15, -0.1) is 0 Å². The van der Waals surface area contributed by atoms with Crippen LogP contribution in [0.1, 0.15) is 49.7 Å². The Morgan fingerprint density at radius 2 is 1.76 bits per heavy atom. The fourth-order valence-electron chi connectivity index (χ4n) is 2.22. The number of amides is 1. The van der Waals surface area contributed by atoms with Gasteiger partial charge in [0.1, 0.15) is 0 Å². The molecule has 0 fully saturated rings. The molecule has 0 aliphatic rings. The van der Waals surface area contributed by atoms with E-state index in [1.807, 2.05) is 27.0 Å². The number of nitrogens with zero attached hydrogens (tertiary/aromatic N) is 2. The molecule has 112 valence electrons. The largest absolute Gasteiger partial charge is 0.348 e. The van der Waals surface area contributed by atoms with Gasteiger partial charge in [0.05, 0.1) is 5.69 Å². The monoisotopic (exact) mass is 285 g/mol. The Morgan fingerprint density at radius 1 is 1.14 bits per heavy atom. The van der Waals surface area contributed by atoms with Crippen molar-refractivity contribution >= 4 is 5.91 Å². The van der Waals surface area contributed by atoms with Crippen molar-refractivity contribution in [2.24, 2.45) is 7.05 Å². The van der Waals surface area contributed by atoms with Gasteiger partial charge in [-0.1, -0.05) is 38.1 Å². The Balaban J connectivity index is 2.28. The molecule has 1 amide bonds. The van der Waals surface area contributed by atoms with E-state index in [0.29, 0.717) is 11.6 Å². The van der Waals surface area contributed by atoms with Crippen LogP contribution < -0.4 is 5.32 Å². The van der Waals surface area contributed by atoms with Crippen molar-refractivity contribution in [3.63, 3.8) is 0 Å². The molecule has 0 atom stereocenters. The smallest absolute Gasteiger partial charge is 0.271 e. The first kappa shape index (κ1) is 15.3. The molecule has 2 rings (SSSR count). The second-order valence-corrected chi connectivity index (χ2v) is 5.94. The summed E-state index contributed by atoms with van der Waals surface area (Å²) in [6.07, 6.45) is 0. The van der Waals surface area contributed by atoms with Crippen molar-refractivity contribution in [1.82, 2.24) is 15.1 Å². The van der Waals surface area contributed by atoms with Gasteiger partial charge in [0, 0.05) is 13.1 Å². The highest BCUT2D eigenvalue weighted by atomic mass is 16.2. The molecule has 21 heavy (non-hydrogen) atoms. The van der Waals surface area contributed by atoms with Crippen LogP contribution in [-0.2, 0) is 7.05 Å². The second-order valence-electron chi connectivity index (χ2n) is 5.94. The highest BCUT2D eigenvalue weighted by molar-refractivity contribution is 5.93. The summed E-state index contributed by atoms with van der Waals surface area (Å²) in [7, 11) is 1.86. The van der Waals surface area contributed by atoms with Gasteiger partial charge < -0.3 is 5.32 Å². The highest BCUT2D eigenvalue weighted by Crippen LogP contribution is 2.23. The van der Waals surface area contributed by atoms with E-state index in [0.717, 1.165) is 11.3 Å². The standard InChI is InChI=1S/C17H23N3O/c1-11(2)13-6-8-14(9-7-13)16-10-15(19-20(16)5)17(21)18-12(3)4/h6-12H,1-5H3,(H,18,21). The van der Waals surface area contributed by atoms with Gasteiger partial charge in [0.2, 0.25) is 0 Å². The average molecular weight is 285 g/mol. The van der Waals surface area contributed by atoms with Crippen LogP contribution in [0.3, 0.4) is 0 Å². The molecule has 0 aliphatic carbocycles. The lowest BCUT2D eigenvalue weighted by Gasteiger charge is -2.07. The molecule has 1 aromatic carbocycles. The van der Waals surface area contributed by atoms with Crippen molar-refractivity contribution in [1.29, 1.82) is 0 Å². The van der Waals surface area contributed by atoms with Crippen LogP contribution in [0.5, 0.6) is 0 Å². The molecule has 0 radical (unpaired) electrons. The number of benzene rings is 1. The minimum absolute atomic E-state index is 0.105. The third kappa shape index (κ3) is 3.51. The lowest BCUT2D eigenvalue weighted by molar-refractivity contribution is 0.0937. The number of carbonyl (C=O) groups excluding carboxylic acids is 1. The summed E-state index contributed by atoms with van der Waals surface area (Å²) in [6, 6.07) is 10.4. The van der Waals surface area contributed by atoms with Gasteiger partial charge in [-0.2, -0.15) is 5.10 Å². The normalized spacial score (nSPS) is 11.2. The third-order valence-electron chi connectivity index (χ3n) is 3.41. The lowest BCUT2D eigenvalue weighted by atomic mass is 10.0. The van der Waals surface area contributed by atoms with Crippen LogP contribution in [0.4, 0.5) is 0 Å². The van der Waals surface area contributed by atoms with Crippen LogP contribution in [0.2, 0.25) is 0 Å². The summed E-state index contributed by atoms with van der Waals surface area (Å²) in [5.74, 6) is 0.378. The summed E-state index contributed by atoms with van der Waals surface area (Å²) in [5.41, 5.74) is 3.77. The van der Waals surface area contributed by atoms with Crippen molar-refractivity contribution in [2.75, 3.05) is 0 Å². The Labute approximate surface area is 126 Å². The predicted octanol–water partition coefficient (Wildman–Crippen LogP) is 3.35. The Morgan fingerprint density at radius 3 is 2.29 bits per heavy atom. The maximum Gasteiger partial charge on any atom is 0.271 e. The molecular formula is C17H23N3O. The van der Waals surface area contributed by atoms with Crippen LogP contribution in [-0.4, -0.2) is 21.7 Å². The van der Waals surface area contributed by atoms with Crippen molar-refractivity contribution in [3.8, 4) is 11.3 Å². The molecule has 1 heterocycles. The number of carbonyl (C=O) groups is 1. The number of nitrogens with one attached hydrogen (secondary N) is 1. The fraction of sp³-hybridized carbons (Fsp3) is 0.412. The highest BCUT2D eigenvalue weighted by Gasteiger charge is 2.14. The van der Waals surface area contributed by atoms with E-state index in [4.69, 9.17) is 0 Å². The molecule has 0 unspecified atom stereocenters. The minimum Gasteiger partial charge on any atom is -0.348 e. The van der Waals surface area contributed by atoms with Crippen LogP contribution >= 0.6 is 0 Å². The van der Waals surface area contributed by atoms with Gasteiger partial charge in [0.15, 0.2) is 5.69 Å². The molecular weight excluding hydrogens is 262 g/mol. The Hall–Kier alpha value is -2.10. The zero-order valence-electron chi connectivity index (χ0n) is 13.3. The summed E-state index contributed by atoms with van der Waals surface area (Å²) < 4.78 is 1.75. The van der Waals surface area contributed by atoms with Crippen LogP contribution in [0, 0.1) is 0 Å². The van der Waals surface area contributed by atoms with Gasteiger partial charge in [-0.3, -0.25) is 9.48 Å². The van der Waals surface area contributed by atoms with Gasteiger partial charge in [-0.05, 0) is 37.0 Å².